The molecule has 0 bridgehead atoms. The van der Waals surface area contributed by atoms with E-state index in [-0.39, 0.29) is 26.4 Å². The van der Waals surface area contributed by atoms with Gasteiger partial charge in [0.15, 0.2) is 5.78 Å². The molecule has 0 aliphatic carbocycles. The number of piperidine rings is 1. The average Bonchev–Trinajstić information content (AvgIpc) is 1.74. The van der Waals surface area contributed by atoms with Crippen molar-refractivity contribution in [3.8, 4) is 5.75 Å². The minimum absolute atomic E-state index is 0. The lowest BCUT2D eigenvalue weighted by atomic mass is 10.0. The van der Waals surface area contributed by atoms with Crippen molar-refractivity contribution in [2.24, 2.45) is 25.4 Å². The summed E-state index contributed by atoms with van der Waals surface area (Å²) >= 11 is 0. The van der Waals surface area contributed by atoms with E-state index in [4.69, 9.17) is 15.3 Å². The van der Waals surface area contributed by atoms with Crippen LogP contribution in [0.3, 0.4) is 0 Å². The van der Waals surface area contributed by atoms with Crippen molar-refractivity contribution in [2.75, 3.05) is 26.7 Å². The molecule has 0 spiro atoms. The zero-order chi connectivity index (χ0) is 91.5. The number of aromatic nitrogens is 6. The van der Waals surface area contributed by atoms with Crippen LogP contribution in [0.5, 0.6) is 5.75 Å². The number of aromatic amines is 2. The van der Waals surface area contributed by atoms with E-state index in [1.807, 2.05) is 185 Å². The van der Waals surface area contributed by atoms with Crippen LogP contribution in [0.1, 0.15) is 219 Å². The standard InChI is InChI=1S/C11H11N.C9H9N.C8H8N2.C8H8O2.C7H8O.C6H7N.C6H13N.C5H6N2.C5H7N.C4H8O2.C4H8O.C3H5N3.5C2H6.6C2H4.2CH4/c1-9-2-4-10(5-3-9)11-6-7-12-8-11;1-7-6-10-9-5-3-2-4-8(7)9;1-6-2-3-7-5-9-10-8(7)4-6;1-6-2-4-7(5-3-6)8(9)10;1-6-2-4-7(8)5-3-6;1-6-3-2-4-7-5-6;1-7-5-3-2-4-6-7;1-5-6-3-2-4-7-5;1-5-2-3-6-4-5;1-3(5)4(2)6;1-3-4(2)5;1-3-2-4-6-5-3;11*1-2;;/h2-5,7-8H,6H2,1H3;2-6,10H,1H3;2*2-5H,1H3,(H,9,10);2-5,8H,1H3;2-5H,1H3;2-6H2,1H3;2-4H,1H3;3-4H,2H2,1H3;3,5H,1-2H3;3H2,1-2H3;2H2,1H3;5*1-2H3;6*1-2H2;2*1H4. The number of pyridine rings is 1. The highest BCUT2D eigenvalue weighted by Crippen LogP contribution is 2.21. The lowest BCUT2D eigenvalue weighted by Crippen LogP contribution is -2.24. The lowest BCUT2D eigenvalue weighted by Gasteiger charge is -2.20. The van der Waals surface area contributed by atoms with Crippen LogP contribution in [-0.2, 0) is 9.59 Å². The largest absolute Gasteiger partial charge is 0.508 e. The van der Waals surface area contributed by atoms with E-state index in [0.29, 0.717) is 24.3 Å². The minimum Gasteiger partial charge on any atom is -0.508 e. The molecule has 1 saturated heterocycles. The molecular formula is C100H160N12O6. The normalized spacial score (nSPS) is 10.6. The van der Waals surface area contributed by atoms with Gasteiger partial charge in [0.25, 0.3) is 0 Å². The van der Waals surface area contributed by atoms with Gasteiger partial charge in [0.05, 0.1) is 23.0 Å². The topological polar surface area (TPSA) is 260 Å². The molecule has 9 aromatic rings. The molecule has 5 N–H and O–H groups in total. The Labute approximate surface area is 718 Å². The average molecular weight is 1630 g/mol. The number of carbonyl (C=O) groups excluding carboxylic acids is 2. The predicted octanol–water partition coefficient (Wildman–Crippen LogP) is 28.2. The first-order valence-electron chi connectivity index (χ1n) is 39.3. The highest BCUT2D eigenvalue weighted by molar-refractivity contribution is 5.88. The van der Waals surface area contributed by atoms with Gasteiger partial charge in [-0.15, -0.1) is 84.0 Å². The number of allylic oxidation sites excluding steroid dienone is 2. The SMILES string of the molecule is C.C.C=C.C=C.C=C.C=C.C=C.C=C.CC.CC.CC.CC.CC.CC(=O)C(C)O.CC1=CN=CC1.CC1=NN=NC1.CCC(C)=O.CN1CCCCC1.Cc1c[nH]c2ccccc12.Cc1ccc(C(=O)O)cc1.Cc1ccc(C2=CN=CC2)cc1.Cc1ccc(O)cc1.Cc1ccc2cn[nH]c2c1.Cc1cccnc1.Cc1ncccn1. The molecule has 0 radical (unpaired) electrons. The van der Waals surface area contributed by atoms with Gasteiger partial charge in [0, 0.05) is 91.4 Å². The highest BCUT2D eigenvalue weighted by Gasteiger charge is 2.04. The maximum atomic E-state index is 10.3. The number of aromatic hydroxyl groups is 1. The summed E-state index contributed by atoms with van der Waals surface area (Å²) in [5, 5.41) is 45.4. The van der Waals surface area contributed by atoms with Crippen LogP contribution in [0, 0.1) is 48.5 Å². The van der Waals surface area contributed by atoms with Crippen molar-refractivity contribution in [2.45, 2.75) is 219 Å². The fourth-order valence-corrected chi connectivity index (χ4v) is 7.39. The minimum atomic E-state index is -0.875. The highest BCUT2D eigenvalue weighted by atomic mass is 16.4. The third-order valence-corrected chi connectivity index (χ3v) is 13.4. The molecule has 1 fully saturated rings. The van der Waals surface area contributed by atoms with E-state index in [9.17, 15) is 14.4 Å². The summed E-state index contributed by atoms with van der Waals surface area (Å²) in [6.45, 7) is 83.6. The van der Waals surface area contributed by atoms with Gasteiger partial charge in [-0.25, -0.2) is 14.8 Å². The second-order valence-electron chi connectivity index (χ2n) is 22.3. The number of carboxylic acids is 1. The Morgan fingerprint density at radius 3 is 1.31 bits per heavy atom. The van der Waals surface area contributed by atoms with E-state index in [2.05, 4.69) is 235 Å². The first-order valence-corrected chi connectivity index (χ1v) is 39.3. The number of aliphatic hydroxyl groups is 1. The second-order valence-corrected chi connectivity index (χ2v) is 22.3. The van der Waals surface area contributed by atoms with Gasteiger partial charge in [0.2, 0.25) is 0 Å². The fraction of sp³-hybridized carbons (Fsp3) is 0.360. The first-order chi connectivity index (χ1) is 56.0. The Morgan fingerprint density at radius 1 is 0.542 bits per heavy atom. The van der Waals surface area contributed by atoms with Crippen molar-refractivity contribution >= 4 is 63.1 Å². The van der Waals surface area contributed by atoms with Gasteiger partial charge in [0.1, 0.15) is 30.0 Å². The number of benzene rings is 5. The number of aryl methyl sites for hydroxylation is 7. The predicted molar refractivity (Wildman–Crippen MR) is 525 cm³/mol. The van der Waals surface area contributed by atoms with E-state index >= 15 is 0 Å². The number of likely N-dealkylation sites (tertiary alicyclic amines) is 1. The quantitative estimate of drug-likeness (QED) is 0.103. The number of ketones is 2. The van der Waals surface area contributed by atoms with Crippen molar-refractivity contribution < 1.29 is 29.7 Å². The van der Waals surface area contributed by atoms with Gasteiger partial charge in [-0.05, 0) is 203 Å². The number of nitrogens with one attached hydrogen (secondary N) is 2. The number of nitrogens with zero attached hydrogens (tertiary/aromatic N) is 10. The number of carboxylic acid groups (broad SMARTS) is 1. The van der Waals surface area contributed by atoms with Gasteiger partial charge >= 0.3 is 5.97 Å². The number of phenols is 1. The first kappa shape index (κ1) is 133. The molecule has 0 saturated carbocycles. The molecular weight excluding hydrogens is 1470 g/mol. The van der Waals surface area contributed by atoms with Crippen molar-refractivity contribution in [3.63, 3.8) is 0 Å². The number of aliphatic imine (C=N–C) groups is 2. The summed E-state index contributed by atoms with van der Waals surface area (Å²) in [4.78, 5) is 55.2. The number of Topliss-reactive ketones (excluding diaryl/α,β-unsaturated/α-hetero) is 2. The van der Waals surface area contributed by atoms with E-state index in [0.717, 1.165) is 35.5 Å². The van der Waals surface area contributed by atoms with Gasteiger partial charge in [-0.2, -0.15) is 10.2 Å². The van der Waals surface area contributed by atoms with Crippen molar-refractivity contribution in [1.82, 2.24) is 35.0 Å². The summed E-state index contributed by atoms with van der Waals surface area (Å²) in [7, 11) is 2.19. The maximum absolute atomic E-state index is 10.3. The third-order valence-electron chi connectivity index (χ3n) is 13.4. The molecule has 1 atom stereocenters. The number of hydrogen-bond donors (Lipinski definition) is 5. The summed E-state index contributed by atoms with van der Waals surface area (Å²) < 4.78 is 0. The smallest absolute Gasteiger partial charge is 0.335 e. The molecule has 5 aromatic carbocycles. The molecule has 0 amide bonds. The monoisotopic (exact) mass is 1630 g/mol. The molecule has 1 unspecified atom stereocenters. The molecule has 13 rings (SSSR count). The maximum Gasteiger partial charge on any atom is 0.335 e. The Hall–Kier alpha value is -11.6. The summed E-state index contributed by atoms with van der Waals surface area (Å²) in [6, 6.07) is 42.7. The zero-order valence-electron chi connectivity index (χ0n) is 75.9. The summed E-state index contributed by atoms with van der Waals surface area (Å²) in [5.74, 6) is 0.345. The number of para-hydroxylation sites is 1. The van der Waals surface area contributed by atoms with Crippen LogP contribution in [0.15, 0.2) is 293 Å². The number of hydrogen-bond acceptors (Lipinski definition) is 15. The Kier molecular flexibility index (Phi) is 114. The van der Waals surface area contributed by atoms with Crippen molar-refractivity contribution in [1.29, 1.82) is 0 Å². The molecule has 4 aromatic heterocycles. The van der Waals surface area contributed by atoms with Crippen LogP contribution in [-0.4, -0.2) is 119 Å². The number of fused-ring (bicyclic) bond motifs is 2. The van der Waals surface area contributed by atoms with Crippen molar-refractivity contribution in [3.05, 3.63) is 318 Å². The molecule has 656 valence electrons. The molecule has 4 aliphatic heterocycles. The number of H-pyrrole nitrogens is 2. The van der Waals surface area contributed by atoms with Crippen LogP contribution in [0.2, 0.25) is 0 Å². The number of rotatable bonds is 4. The van der Waals surface area contributed by atoms with E-state index in [1.165, 1.54) is 107 Å². The Balaban J connectivity index is -0.000000102. The molecule has 4 aliphatic rings. The van der Waals surface area contributed by atoms with E-state index < -0.39 is 12.1 Å². The van der Waals surface area contributed by atoms with Gasteiger partial charge in [-0.3, -0.25) is 24.9 Å². The van der Waals surface area contributed by atoms with Gasteiger partial charge in [-0.1, -0.05) is 199 Å². The number of carbonyl (C=O) groups is 3. The second kappa shape index (κ2) is 101. The fourth-order valence-electron chi connectivity index (χ4n) is 7.39. The number of aliphatic hydroxyl groups excluding tert-OH is 1. The Bertz CT molecular complexity index is 3750. The van der Waals surface area contributed by atoms with E-state index in [1.54, 1.807) is 68.0 Å². The molecule has 18 heteroatoms. The lowest BCUT2D eigenvalue weighted by molar-refractivity contribution is -0.124. The number of aromatic carboxylic acids is 1. The summed E-state index contributed by atoms with van der Waals surface area (Å²) in [6.07, 6.45) is 24.8. The van der Waals surface area contributed by atoms with Crippen LogP contribution in [0.25, 0.3) is 27.4 Å². The number of phenolic OH excluding ortho intramolecular Hbond substituents is 1. The van der Waals surface area contributed by atoms with Crippen LogP contribution >= 0.6 is 0 Å². The van der Waals surface area contributed by atoms with Crippen LogP contribution < -0.4 is 0 Å². The molecule has 8 heterocycles. The third kappa shape index (κ3) is 82.4. The molecule has 118 heavy (non-hydrogen) atoms. The van der Waals surface area contributed by atoms with Gasteiger partial charge < -0.3 is 30.0 Å². The zero-order valence-corrected chi connectivity index (χ0v) is 75.9. The molecule has 18 nitrogen and oxygen atoms in total. The summed E-state index contributed by atoms with van der Waals surface area (Å²) in [5.41, 5.74) is 15.0. The van der Waals surface area contributed by atoms with Crippen LogP contribution in [0.4, 0.5) is 0 Å². The Morgan fingerprint density at radius 2 is 1.00 bits per heavy atom.